The number of hydrogen-bond acceptors (Lipinski definition) is 4. The number of aryl methyl sites for hydroxylation is 1. The topological polar surface area (TPSA) is 105 Å². The van der Waals surface area contributed by atoms with E-state index < -0.39 is 24.0 Å². The van der Waals surface area contributed by atoms with Gasteiger partial charge in [0, 0.05) is 17.2 Å². The van der Waals surface area contributed by atoms with Crippen LogP contribution in [0.3, 0.4) is 0 Å². The van der Waals surface area contributed by atoms with Crippen molar-refractivity contribution in [3.63, 3.8) is 0 Å². The molecule has 0 aliphatic heterocycles. The minimum Gasteiger partial charge on any atom is -0.480 e. The van der Waals surface area contributed by atoms with Gasteiger partial charge in [0.25, 0.3) is 5.91 Å². The van der Waals surface area contributed by atoms with E-state index in [4.69, 9.17) is 4.74 Å². The SMILES string of the molecule is Cc1cc(C(=O)N[C@H](C(=O)O)C(C)C)ccc1NC(=O)OCC1c2ccccc2-c2ccccc21. The first-order chi connectivity index (χ1) is 16.8. The normalized spacial score (nSPS) is 13.0. The van der Waals surface area contributed by atoms with Crippen LogP contribution < -0.4 is 10.6 Å². The first-order valence-electron chi connectivity index (χ1n) is 11.5. The number of rotatable bonds is 7. The smallest absolute Gasteiger partial charge is 0.411 e. The van der Waals surface area contributed by atoms with E-state index >= 15 is 0 Å². The zero-order valence-corrected chi connectivity index (χ0v) is 19.9. The second-order valence-electron chi connectivity index (χ2n) is 9.01. The van der Waals surface area contributed by atoms with Gasteiger partial charge in [0.15, 0.2) is 0 Å². The number of carbonyl (C=O) groups excluding carboxylic acids is 2. The Morgan fingerprint density at radius 3 is 2.09 bits per heavy atom. The van der Waals surface area contributed by atoms with Crippen LogP contribution in [0.4, 0.5) is 10.5 Å². The molecule has 0 saturated heterocycles. The van der Waals surface area contributed by atoms with Crippen LogP contribution in [-0.2, 0) is 9.53 Å². The maximum absolute atomic E-state index is 12.6. The van der Waals surface area contributed by atoms with E-state index in [0.717, 1.165) is 22.3 Å². The Labute approximate surface area is 204 Å². The Hall–Kier alpha value is -4.13. The molecule has 7 nitrogen and oxygen atoms in total. The van der Waals surface area contributed by atoms with Gasteiger partial charge in [-0.25, -0.2) is 9.59 Å². The number of carboxylic acid groups (broad SMARTS) is 1. The zero-order chi connectivity index (χ0) is 25.1. The van der Waals surface area contributed by atoms with E-state index in [1.54, 1.807) is 39.0 Å². The molecule has 0 unspecified atom stereocenters. The summed E-state index contributed by atoms with van der Waals surface area (Å²) in [6.45, 7) is 5.41. The van der Waals surface area contributed by atoms with Crippen LogP contribution in [-0.4, -0.2) is 35.7 Å². The van der Waals surface area contributed by atoms with Crippen LogP contribution in [0.1, 0.15) is 46.8 Å². The third-order valence-corrected chi connectivity index (χ3v) is 6.29. The summed E-state index contributed by atoms with van der Waals surface area (Å²) in [7, 11) is 0. The highest BCUT2D eigenvalue weighted by atomic mass is 16.5. The molecule has 1 atom stereocenters. The Kier molecular flexibility index (Phi) is 6.87. The molecule has 35 heavy (non-hydrogen) atoms. The summed E-state index contributed by atoms with van der Waals surface area (Å²) in [4.78, 5) is 36.5. The van der Waals surface area contributed by atoms with Crippen LogP contribution in [0.25, 0.3) is 11.1 Å². The average molecular weight is 473 g/mol. The molecule has 3 aromatic rings. The molecule has 0 radical (unpaired) electrons. The monoisotopic (exact) mass is 472 g/mol. The van der Waals surface area contributed by atoms with Crippen molar-refractivity contribution in [3.8, 4) is 11.1 Å². The number of hydrogen-bond donors (Lipinski definition) is 3. The second kappa shape index (κ2) is 10.0. The standard InChI is InChI=1S/C28H28N2O5/c1-16(2)25(27(32)33)30-26(31)18-12-13-24(17(3)14-18)29-28(34)35-15-23-21-10-6-4-8-19(21)20-9-5-7-11-22(20)23/h4-14,16,23,25H,15H2,1-3H3,(H,29,34)(H,30,31)(H,32,33)/t25-/m0/s1. The Balaban J connectivity index is 1.40. The fourth-order valence-corrected chi connectivity index (χ4v) is 4.43. The summed E-state index contributed by atoms with van der Waals surface area (Å²) in [5, 5.41) is 14.6. The van der Waals surface area contributed by atoms with Crippen molar-refractivity contribution in [1.29, 1.82) is 0 Å². The molecule has 0 spiro atoms. The largest absolute Gasteiger partial charge is 0.480 e. The molecule has 0 bridgehead atoms. The van der Waals surface area contributed by atoms with Gasteiger partial charge < -0.3 is 15.2 Å². The molecule has 7 heteroatoms. The number of fused-ring (bicyclic) bond motifs is 3. The number of aliphatic carboxylic acids is 1. The highest BCUT2D eigenvalue weighted by Crippen LogP contribution is 2.44. The molecule has 2 amide bonds. The van der Waals surface area contributed by atoms with Crippen LogP contribution in [0.15, 0.2) is 66.7 Å². The molecule has 4 rings (SSSR count). The maximum atomic E-state index is 12.6. The van der Waals surface area contributed by atoms with E-state index in [0.29, 0.717) is 16.8 Å². The van der Waals surface area contributed by atoms with Gasteiger partial charge in [0.1, 0.15) is 12.6 Å². The number of carboxylic acids is 1. The third-order valence-electron chi connectivity index (χ3n) is 6.29. The van der Waals surface area contributed by atoms with Gasteiger partial charge in [-0.3, -0.25) is 10.1 Å². The fraction of sp³-hybridized carbons (Fsp3) is 0.250. The van der Waals surface area contributed by atoms with Crippen LogP contribution >= 0.6 is 0 Å². The molecule has 3 aromatic carbocycles. The average Bonchev–Trinajstić information content (AvgIpc) is 3.15. The lowest BCUT2D eigenvalue weighted by molar-refractivity contribution is -0.140. The van der Waals surface area contributed by atoms with Gasteiger partial charge in [-0.1, -0.05) is 62.4 Å². The summed E-state index contributed by atoms with van der Waals surface area (Å²) in [6.07, 6.45) is -0.585. The van der Waals surface area contributed by atoms with E-state index in [1.807, 2.05) is 24.3 Å². The van der Waals surface area contributed by atoms with Gasteiger partial charge >= 0.3 is 12.1 Å². The molecule has 0 saturated carbocycles. The lowest BCUT2D eigenvalue weighted by Crippen LogP contribution is -2.44. The van der Waals surface area contributed by atoms with Crippen molar-refractivity contribution in [2.24, 2.45) is 5.92 Å². The molecule has 3 N–H and O–H groups in total. The first kappa shape index (κ1) is 24.0. The summed E-state index contributed by atoms with van der Waals surface area (Å²) >= 11 is 0. The number of amides is 2. The lowest BCUT2D eigenvalue weighted by Gasteiger charge is -2.18. The van der Waals surface area contributed by atoms with Crippen molar-refractivity contribution in [2.45, 2.75) is 32.7 Å². The molecule has 0 fully saturated rings. The number of anilines is 1. The Morgan fingerprint density at radius 2 is 1.54 bits per heavy atom. The Morgan fingerprint density at radius 1 is 0.943 bits per heavy atom. The summed E-state index contributed by atoms with van der Waals surface area (Å²) in [5.74, 6) is -1.86. The maximum Gasteiger partial charge on any atom is 0.411 e. The second-order valence-corrected chi connectivity index (χ2v) is 9.01. The highest BCUT2D eigenvalue weighted by Gasteiger charge is 2.29. The molecule has 1 aliphatic rings. The minimum absolute atomic E-state index is 0.0385. The number of carbonyl (C=O) groups is 3. The summed E-state index contributed by atoms with van der Waals surface area (Å²) < 4.78 is 5.59. The van der Waals surface area contributed by atoms with Gasteiger partial charge in [-0.15, -0.1) is 0 Å². The van der Waals surface area contributed by atoms with Crippen LogP contribution in [0, 0.1) is 12.8 Å². The van der Waals surface area contributed by atoms with Crippen LogP contribution in [0.2, 0.25) is 0 Å². The molecule has 0 heterocycles. The number of nitrogens with one attached hydrogen (secondary N) is 2. The van der Waals surface area contributed by atoms with Gasteiger partial charge in [-0.05, 0) is 58.9 Å². The molecule has 0 aromatic heterocycles. The third kappa shape index (κ3) is 5.04. The van der Waals surface area contributed by atoms with E-state index in [9.17, 15) is 19.5 Å². The Bertz CT molecular complexity index is 1240. The van der Waals surface area contributed by atoms with Crippen molar-refractivity contribution in [3.05, 3.63) is 89.0 Å². The predicted molar refractivity (Wildman–Crippen MR) is 134 cm³/mol. The predicted octanol–water partition coefficient (Wildman–Crippen LogP) is 5.20. The highest BCUT2D eigenvalue weighted by molar-refractivity contribution is 5.97. The quantitative estimate of drug-likeness (QED) is 0.439. The molecular formula is C28H28N2O5. The molecule has 1 aliphatic carbocycles. The van der Waals surface area contributed by atoms with E-state index in [2.05, 4.69) is 34.9 Å². The lowest BCUT2D eigenvalue weighted by atomic mass is 9.98. The van der Waals surface area contributed by atoms with E-state index in [-0.39, 0.29) is 18.4 Å². The number of benzene rings is 3. The fourth-order valence-electron chi connectivity index (χ4n) is 4.43. The van der Waals surface area contributed by atoms with Gasteiger partial charge in [-0.2, -0.15) is 0 Å². The summed E-state index contributed by atoms with van der Waals surface area (Å²) in [5.41, 5.74) is 6.06. The van der Waals surface area contributed by atoms with Crippen molar-refractivity contribution in [2.75, 3.05) is 11.9 Å². The van der Waals surface area contributed by atoms with Crippen LogP contribution in [0.5, 0.6) is 0 Å². The van der Waals surface area contributed by atoms with Gasteiger partial charge in [0.2, 0.25) is 0 Å². The molecule has 180 valence electrons. The van der Waals surface area contributed by atoms with Crippen molar-refractivity contribution in [1.82, 2.24) is 5.32 Å². The molecular weight excluding hydrogens is 444 g/mol. The van der Waals surface area contributed by atoms with Crippen molar-refractivity contribution >= 4 is 23.7 Å². The van der Waals surface area contributed by atoms with Crippen molar-refractivity contribution < 1.29 is 24.2 Å². The first-order valence-corrected chi connectivity index (χ1v) is 11.5. The number of ether oxygens (including phenoxy) is 1. The zero-order valence-electron chi connectivity index (χ0n) is 19.9. The van der Waals surface area contributed by atoms with E-state index in [1.165, 1.54) is 0 Å². The minimum atomic E-state index is -1.08. The van der Waals surface area contributed by atoms with Gasteiger partial charge in [0.05, 0.1) is 0 Å². The summed E-state index contributed by atoms with van der Waals surface area (Å²) in [6, 6.07) is 20.0.